The lowest BCUT2D eigenvalue weighted by Crippen LogP contribution is -2.46. The van der Waals surface area contributed by atoms with Crippen LogP contribution in [-0.2, 0) is 10.0 Å². The van der Waals surface area contributed by atoms with Gasteiger partial charge in [-0.05, 0) is 43.9 Å². The van der Waals surface area contributed by atoms with Crippen molar-refractivity contribution in [3.8, 4) is 5.75 Å². The minimum absolute atomic E-state index is 0.0473. The molecule has 0 spiro atoms. The van der Waals surface area contributed by atoms with E-state index in [4.69, 9.17) is 4.74 Å². The van der Waals surface area contributed by atoms with E-state index in [1.807, 2.05) is 0 Å². The zero-order chi connectivity index (χ0) is 19.6. The monoisotopic (exact) mass is 396 g/mol. The van der Waals surface area contributed by atoms with Crippen molar-refractivity contribution in [2.24, 2.45) is 0 Å². The zero-order valence-corrected chi connectivity index (χ0v) is 16.7. The van der Waals surface area contributed by atoms with Gasteiger partial charge in [-0.15, -0.1) is 0 Å². The van der Waals surface area contributed by atoms with E-state index < -0.39 is 22.2 Å². The summed E-state index contributed by atoms with van der Waals surface area (Å²) >= 11 is 0. The Balaban J connectivity index is 1.93. The van der Waals surface area contributed by atoms with Crippen molar-refractivity contribution in [1.29, 1.82) is 0 Å². The van der Waals surface area contributed by atoms with E-state index >= 15 is 0 Å². The van der Waals surface area contributed by atoms with Gasteiger partial charge in [-0.2, -0.15) is 4.31 Å². The Morgan fingerprint density at radius 3 is 2.48 bits per heavy atom. The number of hydrogen-bond donors (Lipinski definition) is 1. The summed E-state index contributed by atoms with van der Waals surface area (Å²) in [6, 6.07) is 3.95. The van der Waals surface area contributed by atoms with Gasteiger partial charge in [-0.3, -0.25) is 4.79 Å². The molecule has 150 valence electrons. The van der Waals surface area contributed by atoms with E-state index in [-0.39, 0.29) is 16.4 Å². The molecule has 1 aliphatic carbocycles. The standard InChI is InChI=1S/C19H28N2O5S/c1-20(16-7-3-4-8-17(16)22)27(24,25)14-9-10-18(26-2)15(13-14)19(23)21-11-5-6-12-21/h9-10,13,16-17,22H,3-8,11-12H2,1-2H3/t16-,17-/m0/s1. The number of rotatable bonds is 5. The zero-order valence-electron chi connectivity index (χ0n) is 15.9. The highest BCUT2D eigenvalue weighted by atomic mass is 32.2. The second-order valence-corrected chi connectivity index (χ2v) is 9.30. The number of likely N-dealkylation sites (tertiary alicyclic amines) is 1. The van der Waals surface area contributed by atoms with Crippen molar-refractivity contribution in [2.75, 3.05) is 27.2 Å². The van der Waals surface area contributed by atoms with Crippen molar-refractivity contribution < 1.29 is 23.1 Å². The van der Waals surface area contributed by atoms with E-state index in [0.717, 1.165) is 25.7 Å². The first-order valence-corrected chi connectivity index (χ1v) is 10.9. The predicted molar refractivity (Wildman–Crippen MR) is 101 cm³/mol. The van der Waals surface area contributed by atoms with Crippen LogP contribution in [0.15, 0.2) is 23.1 Å². The van der Waals surface area contributed by atoms with Crippen LogP contribution >= 0.6 is 0 Å². The molecule has 7 nitrogen and oxygen atoms in total. The van der Waals surface area contributed by atoms with E-state index in [1.165, 1.54) is 36.7 Å². The maximum absolute atomic E-state index is 13.1. The van der Waals surface area contributed by atoms with E-state index in [0.29, 0.717) is 31.7 Å². The largest absolute Gasteiger partial charge is 0.496 e. The van der Waals surface area contributed by atoms with Gasteiger partial charge in [0, 0.05) is 20.1 Å². The molecule has 0 radical (unpaired) electrons. The van der Waals surface area contributed by atoms with E-state index in [1.54, 1.807) is 4.90 Å². The third-order valence-electron chi connectivity index (χ3n) is 5.63. The van der Waals surface area contributed by atoms with Gasteiger partial charge in [-0.1, -0.05) is 12.8 Å². The van der Waals surface area contributed by atoms with Crippen LogP contribution in [0.2, 0.25) is 0 Å². The maximum Gasteiger partial charge on any atom is 0.257 e. The molecule has 8 heteroatoms. The van der Waals surface area contributed by atoms with Crippen LogP contribution in [0.3, 0.4) is 0 Å². The predicted octanol–water partition coefficient (Wildman–Crippen LogP) is 1.86. The molecule has 2 atom stereocenters. The van der Waals surface area contributed by atoms with Gasteiger partial charge in [0.05, 0.1) is 29.7 Å². The smallest absolute Gasteiger partial charge is 0.257 e. The van der Waals surface area contributed by atoms with Gasteiger partial charge in [0.15, 0.2) is 0 Å². The average Bonchev–Trinajstić information content (AvgIpc) is 3.21. The highest BCUT2D eigenvalue weighted by molar-refractivity contribution is 7.89. The van der Waals surface area contributed by atoms with Gasteiger partial charge in [0.2, 0.25) is 10.0 Å². The molecular formula is C19H28N2O5S. The summed E-state index contributed by atoms with van der Waals surface area (Å²) in [5.41, 5.74) is 0.262. The summed E-state index contributed by atoms with van der Waals surface area (Å²) in [4.78, 5) is 14.6. The molecule has 1 aromatic carbocycles. The van der Waals surface area contributed by atoms with Gasteiger partial charge in [0.25, 0.3) is 5.91 Å². The highest BCUT2D eigenvalue weighted by Crippen LogP contribution is 2.30. The third-order valence-corrected chi connectivity index (χ3v) is 7.51. The molecule has 3 rings (SSSR count). The molecular weight excluding hydrogens is 368 g/mol. The van der Waals surface area contributed by atoms with Crippen molar-refractivity contribution >= 4 is 15.9 Å². The number of methoxy groups -OCH3 is 1. The summed E-state index contributed by atoms with van der Waals surface area (Å²) in [6.45, 7) is 1.35. The quantitative estimate of drug-likeness (QED) is 0.821. The molecule has 27 heavy (non-hydrogen) atoms. The Labute approximate surface area is 161 Å². The van der Waals surface area contributed by atoms with Crippen LogP contribution < -0.4 is 4.74 Å². The number of aliphatic hydroxyl groups is 1. The lowest BCUT2D eigenvalue weighted by Gasteiger charge is -2.34. The van der Waals surface area contributed by atoms with E-state index in [2.05, 4.69) is 0 Å². The normalized spacial score (nSPS) is 23.6. The molecule has 0 bridgehead atoms. The third kappa shape index (κ3) is 3.97. The van der Waals surface area contributed by atoms with Crippen molar-refractivity contribution in [1.82, 2.24) is 9.21 Å². The molecule has 2 fully saturated rings. The van der Waals surface area contributed by atoms with Crippen LogP contribution in [-0.4, -0.2) is 68.0 Å². The molecule has 1 aromatic rings. The Kier molecular flexibility index (Phi) is 6.08. The molecule has 1 N–H and O–H groups in total. The SMILES string of the molecule is COc1ccc(S(=O)(=O)N(C)[C@H]2CCCC[C@@H]2O)cc1C(=O)N1CCCC1. The summed E-state index contributed by atoms with van der Waals surface area (Å²) in [7, 11) is -0.861. The van der Waals surface area contributed by atoms with Gasteiger partial charge >= 0.3 is 0 Å². The Bertz CT molecular complexity index is 789. The summed E-state index contributed by atoms with van der Waals surface area (Å²) < 4.78 is 32.8. The van der Waals surface area contributed by atoms with Gasteiger partial charge in [0.1, 0.15) is 5.75 Å². The second-order valence-electron chi connectivity index (χ2n) is 7.30. The second kappa shape index (κ2) is 8.16. The molecule has 1 saturated heterocycles. The fourth-order valence-corrected chi connectivity index (χ4v) is 5.41. The van der Waals surface area contributed by atoms with Crippen LogP contribution in [0, 0.1) is 0 Å². The van der Waals surface area contributed by atoms with E-state index in [9.17, 15) is 18.3 Å². The summed E-state index contributed by atoms with van der Waals surface area (Å²) in [5, 5.41) is 10.2. The van der Waals surface area contributed by atoms with Crippen molar-refractivity contribution in [2.45, 2.75) is 55.6 Å². The first kappa shape index (κ1) is 20.1. The highest BCUT2D eigenvalue weighted by Gasteiger charge is 2.35. The summed E-state index contributed by atoms with van der Waals surface area (Å²) in [6.07, 6.45) is 4.27. The number of nitrogens with zero attached hydrogens (tertiary/aromatic N) is 2. The number of amides is 1. The first-order valence-electron chi connectivity index (χ1n) is 9.49. The topological polar surface area (TPSA) is 87.1 Å². The first-order chi connectivity index (χ1) is 12.9. The molecule has 2 aliphatic rings. The number of aliphatic hydroxyl groups excluding tert-OH is 1. The molecule has 0 unspecified atom stereocenters. The maximum atomic E-state index is 13.1. The molecule has 1 aliphatic heterocycles. The number of benzene rings is 1. The molecule has 1 heterocycles. The number of carbonyl (C=O) groups is 1. The van der Waals surface area contributed by atoms with Crippen molar-refractivity contribution in [3.63, 3.8) is 0 Å². The minimum Gasteiger partial charge on any atom is -0.496 e. The lowest BCUT2D eigenvalue weighted by molar-refractivity contribution is 0.0638. The van der Waals surface area contributed by atoms with Gasteiger partial charge < -0.3 is 14.7 Å². The fraction of sp³-hybridized carbons (Fsp3) is 0.632. The minimum atomic E-state index is -3.83. The Morgan fingerprint density at radius 2 is 1.85 bits per heavy atom. The number of hydrogen-bond acceptors (Lipinski definition) is 5. The molecule has 0 aromatic heterocycles. The van der Waals surface area contributed by atoms with Gasteiger partial charge in [-0.25, -0.2) is 8.42 Å². The number of sulfonamides is 1. The van der Waals surface area contributed by atoms with Crippen LogP contribution in [0.1, 0.15) is 48.9 Å². The number of ether oxygens (including phenoxy) is 1. The van der Waals surface area contributed by atoms with Crippen LogP contribution in [0.25, 0.3) is 0 Å². The Morgan fingerprint density at radius 1 is 1.19 bits per heavy atom. The molecule has 1 saturated carbocycles. The fourth-order valence-electron chi connectivity index (χ4n) is 3.97. The average molecular weight is 397 g/mol. The van der Waals surface area contributed by atoms with Crippen LogP contribution in [0.5, 0.6) is 5.75 Å². The number of carbonyl (C=O) groups excluding carboxylic acids is 1. The lowest BCUT2D eigenvalue weighted by atomic mass is 9.93. The molecule has 1 amide bonds. The van der Waals surface area contributed by atoms with Crippen molar-refractivity contribution in [3.05, 3.63) is 23.8 Å². The number of likely N-dealkylation sites (N-methyl/N-ethyl adjacent to an activating group) is 1. The van der Waals surface area contributed by atoms with Crippen LogP contribution in [0.4, 0.5) is 0 Å². The summed E-state index contributed by atoms with van der Waals surface area (Å²) in [5.74, 6) is 0.160. The Hall–Kier alpha value is -1.64.